The lowest BCUT2D eigenvalue weighted by Gasteiger charge is -2.22. The van der Waals surface area contributed by atoms with E-state index in [2.05, 4.69) is 23.1 Å². The minimum Gasteiger partial charge on any atom is -0.378 e. The van der Waals surface area contributed by atoms with Crippen molar-refractivity contribution in [1.82, 2.24) is 10.9 Å². The number of hydrazine groups is 1. The fourth-order valence-corrected chi connectivity index (χ4v) is 1.57. The van der Waals surface area contributed by atoms with Gasteiger partial charge < -0.3 is 10.5 Å². The van der Waals surface area contributed by atoms with Crippen molar-refractivity contribution in [1.29, 1.82) is 0 Å². The average molecular weight is 231 g/mol. The van der Waals surface area contributed by atoms with Gasteiger partial charge in [-0.3, -0.25) is 15.6 Å². The van der Waals surface area contributed by atoms with Crippen molar-refractivity contribution < 1.29 is 9.53 Å². The van der Waals surface area contributed by atoms with Gasteiger partial charge in [-0.2, -0.15) is 0 Å². The number of thiocarbonyl (C=S) groups is 1. The Morgan fingerprint density at radius 3 is 2.87 bits per heavy atom. The molecule has 1 atom stereocenters. The van der Waals surface area contributed by atoms with Crippen molar-refractivity contribution in [2.75, 3.05) is 6.61 Å². The van der Waals surface area contributed by atoms with Crippen molar-refractivity contribution in [3.63, 3.8) is 0 Å². The molecule has 1 heterocycles. The number of rotatable bonds is 3. The second-order valence-corrected chi connectivity index (χ2v) is 4.00. The first-order chi connectivity index (χ1) is 7.18. The van der Waals surface area contributed by atoms with Crippen LogP contribution in [0, 0.1) is 0 Å². The molecule has 0 aliphatic carbocycles. The van der Waals surface area contributed by atoms with E-state index < -0.39 is 0 Å². The number of ether oxygens (including phenoxy) is 1. The van der Waals surface area contributed by atoms with Crippen molar-refractivity contribution in [2.45, 2.75) is 38.2 Å². The zero-order valence-electron chi connectivity index (χ0n) is 8.62. The molecule has 0 saturated carbocycles. The third-order valence-electron chi connectivity index (χ3n) is 2.29. The van der Waals surface area contributed by atoms with Crippen LogP contribution in [0.1, 0.15) is 32.1 Å². The molecule has 1 aliphatic heterocycles. The highest BCUT2D eigenvalue weighted by molar-refractivity contribution is 7.80. The summed E-state index contributed by atoms with van der Waals surface area (Å²) in [6.07, 6.45) is 4.79. The van der Waals surface area contributed by atoms with Crippen molar-refractivity contribution in [2.24, 2.45) is 5.73 Å². The summed E-state index contributed by atoms with van der Waals surface area (Å²) in [7, 11) is 0. The maximum absolute atomic E-state index is 11.2. The zero-order valence-corrected chi connectivity index (χ0v) is 9.44. The van der Waals surface area contributed by atoms with E-state index in [9.17, 15) is 4.79 Å². The van der Waals surface area contributed by atoms with Gasteiger partial charge in [-0.05, 0) is 37.9 Å². The van der Waals surface area contributed by atoms with Crippen LogP contribution in [0.4, 0.5) is 0 Å². The van der Waals surface area contributed by atoms with Gasteiger partial charge in [0.05, 0.1) is 6.10 Å². The van der Waals surface area contributed by atoms with E-state index in [1.54, 1.807) is 0 Å². The molecule has 4 N–H and O–H groups in total. The molecule has 0 aromatic heterocycles. The minimum absolute atomic E-state index is 0.0669. The van der Waals surface area contributed by atoms with Crippen LogP contribution >= 0.6 is 12.2 Å². The normalized spacial score (nSPS) is 20.7. The molecule has 0 aromatic rings. The van der Waals surface area contributed by atoms with E-state index in [0.717, 1.165) is 25.9 Å². The Morgan fingerprint density at radius 2 is 2.27 bits per heavy atom. The van der Waals surface area contributed by atoms with Gasteiger partial charge in [0.15, 0.2) is 5.11 Å². The highest BCUT2D eigenvalue weighted by Gasteiger charge is 2.14. The number of nitrogens with one attached hydrogen (secondary N) is 2. The van der Waals surface area contributed by atoms with Crippen LogP contribution in [0.15, 0.2) is 0 Å². The second kappa shape index (κ2) is 6.58. The van der Waals surface area contributed by atoms with Gasteiger partial charge in [0.2, 0.25) is 5.91 Å². The summed E-state index contributed by atoms with van der Waals surface area (Å²) >= 11 is 4.55. The maximum Gasteiger partial charge on any atom is 0.238 e. The van der Waals surface area contributed by atoms with E-state index in [1.807, 2.05) is 0 Å². The molecule has 0 radical (unpaired) electrons. The van der Waals surface area contributed by atoms with Crippen LogP contribution in [0.3, 0.4) is 0 Å². The van der Waals surface area contributed by atoms with Gasteiger partial charge in [0.1, 0.15) is 0 Å². The van der Waals surface area contributed by atoms with Crippen LogP contribution in [0.2, 0.25) is 0 Å². The predicted molar refractivity (Wildman–Crippen MR) is 60.9 cm³/mol. The number of hydrogen-bond acceptors (Lipinski definition) is 3. The fourth-order valence-electron chi connectivity index (χ4n) is 1.52. The van der Waals surface area contributed by atoms with E-state index in [1.165, 1.54) is 6.42 Å². The lowest BCUT2D eigenvalue weighted by atomic mass is 10.0. The van der Waals surface area contributed by atoms with Gasteiger partial charge >= 0.3 is 0 Å². The van der Waals surface area contributed by atoms with E-state index in [0.29, 0.717) is 6.42 Å². The Kier molecular flexibility index (Phi) is 5.34. The van der Waals surface area contributed by atoms with Crippen molar-refractivity contribution in [3.05, 3.63) is 0 Å². The molecule has 6 heteroatoms. The summed E-state index contributed by atoms with van der Waals surface area (Å²) in [6, 6.07) is 0. The van der Waals surface area contributed by atoms with Crippen LogP contribution in [0.5, 0.6) is 0 Å². The molecular weight excluding hydrogens is 214 g/mol. The van der Waals surface area contributed by atoms with Gasteiger partial charge in [0, 0.05) is 13.0 Å². The Bertz CT molecular complexity index is 229. The third-order valence-corrected chi connectivity index (χ3v) is 2.39. The monoisotopic (exact) mass is 231 g/mol. The number of carbonyl (C=O) groups excluding carboxylic acids is 1. The van der Waals surface area contributed by atoms with Crippen LogP contribution in [-0.2, 0) is 9.53 Å². The summed E-state index contributed by atoms with van der Waals surface area (Å²) < 4.78 is 5.50. The molecule has 1 fully saturated rings. The summed E-state index contributed by atoms with van der Waals surface area (Å²) in [6.45, 7) is 0.817. The molecule has 0 spiro atoms. The smallest absolute Gasteiger partial charge is 0.238 e. The highest BCUT2D eigenvalue weighted by atomic mass is 32.1. The molecule has 1 unspecified atom stereocenters. The summed E-state index contributed by atoms with van der Waals surface area (Å²) in [5, 5.41) is 0.0669. The van der Waals surface area contributed by atoms with E-state index >= 15 is 0 Å². The van der Waals surface area contributed by atoms with Crippen LogP contribution in [0.25, 0.3) is 0 Å². The Hall–Kier alpha value is -0.880. The minimum atomic E-state index is -0.114. The molecule has 1 saturated heterocycles. The summed E-state index contributed by atoms with van der Waals surface area (Å²) in [5.41, 5.74) is 9.97. The largest absolute Gasteiger partial charge is 0.378 e. The lowest BCUT2D eigenvalue weighted by Crippen LogP contribution is -2.44. The molecule has 86 valence electrons. The predicted octanol–water partition coefficient (Wildman–Crippen LogP) is 0.200. The van der Waals surface area contributed by atoms with Crippen molar-refractivity contribution >= 4 is 23.2 Å². The topological polar surface area (TPSA) is 76.4 Å². The number of nitrogens with two attached hydrogens (primary N) is 1. The number of amides is 1. The second-order valence-electron chi connectivity index (χ2n) is 3.56. The Morgan fingerprint density at radius 1 is 1.47 bits per heavy atom. The van der Waals surface area contributed by atoms with E-state index in [-0.39, 0.29) is 17.1 Å². The third kappa shape index (κ3) is 5.54. The molecule has 5 nitrogen and oxygen atoms in total. The summed E-state index contributed by atoms with van der Waals surface area (Å²) in [5.74, 6) is -0.114. The quantitative estimate of drug-likeness (QED) is 0.478. The van der Waals surface area contributed by atoms with Gasteiger partial charge in [-0.1, -0.05) is 0 Å². The first kappa shape index (κ1) is 12.2. The first-order valence-corrected chi connectivity index (χ1v) is 5.55. The standard InChI is InChI=1S/C9H17N3O2S/c10-9(15)12-11-8(13)5-4-7-3-1-2-6-14-7/h7H,1-6H2,(H,11,13)(H3,10,12,15). The molecule has 0 bridgehead atoms. The molecular formula is C9H17N3O2S. The Balaban J connectivity index is 2.07. The SMILES string of the molecule is NC(=S)NNC(=O)CCC1CCCCO1. The number of hydrogen-bond donors (Lipinski definition) is 3. The zero-order chi connectivity index (χ0) is 11.1. The van der Waals surface area contributed by atoms with Gasteiger partial charge in [-0.25, -0.2) is 0 Å². The Labute approximate surface area is 94.7 Å². The summed E-state index contributed by atoms with van der Waals surface area (Å²) in [4.78, 5) is 11.2. The fraction of sp³-hybridized carbons (Fsp3) is 0.778. The molecule has 0 aromatic carbocycles. The number of carbonyl (C=O) groups is 1. The molecule has 1 aliphatic rings. The highest BCUT2D eigenvalue weighted by Crippen LogP contribution is 2.16. The maximum atomic E-state index is 11.2. The van der Waals surface area contributed by atoms with Crippen molar-refractivity contribution in [3.8, 4) is 0 Å². The molecule has 1 rings (SSSR count). The lowest BCUT2D eigenvalue weighted by molar-refractivity contribution is -0.122. The first-order valence-electron chi connectivity index (χ1n) is 5.14. The molecule has 1 amide bonds. The average Bonchev–Trinajstić information content (AvgIpc) is 2.25. The van der Waals surface area contributed by atoms with Gasteiger partial charge in [-0.15, -0.1) is 0 Å². The van der Waals surface area contributed by atoms with Crippen LogP contribution < -0.4 is 16.6 Å². The van der Waals surface area contributed by atoms with Gasteiger partial charge in [0.25, 0.3) is 0 Å². The molecule has 15 heavy (non-hydrogen) atoms. The van der Waals surface area contributed by atoms with E-state index in [4.69, 9.17) is 10.5 Å². The van der Waals surface area contributed by atoms with Crippen LogP contribution in [-0.4, -0.2) is 23.7 Å².